The van der Waals surface area contributed by atoms with Crippen LogP contribution in [0.1, 0.15) is 43.0 Å². The van der Waals surface area contributed by atoms with Gasteiger partial charge in [0.25, 0.3) is 10.0 Å². The first-order chi connectivity index (χ1) is 18.4. The molecule has 0 radical (unpaired) electrons. The van der Waals surface area contributed by atoms with Gasteiger partial charge in [-0.2, -0.15) is 0 Å². The van der Waals surface area contributed by atoms with Crippen LogP contribution >= 0.6 is 0 Å². The summed E-state index contributed by atoms with van der Waals surface area (Å²) < 4.78 is 29.0. The van der Waals surface area contributed by atoms with Crippen LogP contribution in [0.2, 0.25) is 0 Å². The van der Waals surface area contributed by atoms with Crippen molar-refractivity contribution in [1.29, 1.82) is 0 Å². The molecule has 0 aliphatic heterocycles. The van der Waals surface area contributed by atoms with Gasteiger partial charge in [-0.25, -0.2) is 8.42 Å². The van der Waals surface area contributed by atoms with Crippen LogP contribution in [0.5, 0.6) is 0 Å². The van der Waals surface area contributed by atoms with E-state index in [1.165, 1.54) is 4.90 Å². The second kappa shape index (κ2) is 12.9. The molecule has 1 N–H and O–H groups in total. The molecule has 7 nitrogen and oxygen atoms in total. The molecule has 0 aliphatic carbocycles. The van der Waals surface area contributed by atoms with Crippen molar-refractivity contribution in [3.05, 3.63) is 95.1 Å². The second-order valence-corrected chi connectivity index (χ2v) is 12.1. The van der Waals surface area contributed by atoms with Crippen molar-refractivity contribution in [2.24, 2.45) is 0 Å². The number of carbonyl (C=O) groups is 2. The Hall–Kier alpha value is -3.65. The van der Waals surface area contributed by atoms with E-state index in [2.05, 4.69) is 5.32 Å². The lowest BCUT2D eigenvalue weighted by Crippen LogP contribution is -2.53. The number of benzene rings is 3. The summed E-state index contributed by atoms with van der Waals surface area (Å²) in [6.07, 6.45) is 0.528. The zero-order valence-electron chi connectivity index (χ0n) is 23.6. The molecule has 3 aromatic carbocycles. The van der Waals surface area contributed by atoms with Crippen LogP contribution in [0, 0.1) is 20.8 Å². The fraction of sp³-hybridized carbons (Fsp3) is 0.355. The monoisotopic (exact) mass is 549 g/mol. The van der Waals surface area contributed by atoms with Crippen LogP contribution in [0.25, 0.3) is 0 Å². The number of sulfonamides is 1. The van der Waals surface area contributed by atoms with Crippen molar-refractivity contribution in [3.63, 3.8) is 0 Å². The Bertz CT molecular complexity index is 1390. The predicted molar refractivity (Wildman–Crippen MR) is 156 cm³/mol. The first-order valence-corrected chi connectivity index (χ1v) is 14.6. The minimum absolute atomic E-state index is 0.0972. The maximum Gasteiger partial charge on any atom is 0.264 e. The standard InChI is InChI=1S/C31H39N3O4S/c1-22(2)32-31(36)26(6)33(19-18-27-10-8-7-9-11-27)30(35)21-34(28-15-14-24(4)25(5)20-28)39(37,38)29-16-12-23(3)13-17-29/h7-17,20,22,26H,18-19,21H2,1-6H3,(H,32,36)/t26-/m0/s1. The third kappa shape index (κ3) is 7.69. The molecule has 0 fully saturated rings. The summed E-state index contributed by atoms with van der Waals surface area (Å²) in [6.45, 7) is 11.0. The molecule has 0 heterocycles. The van der Waals surface area contributed by atoms with E-state index in [1.54, 1.807) is 43.3 Å². The molecule has 1 atom stereocenters. The van der Waals surface area contributed by atoms with Crippen molar-refractivity contribution in [1.82, 2.24) is 10.2 Å². The lowest BCUT2D eigenvalue weighted by atomic mass is 10.1. The average molecular weight is 550 g/mol. The number of hydrogen-bond donors (Lipinski definition) is 1. The Balaban J connectivity index is 2.00. The van der Waals surface area contributed by atoms with Gasteiger partial charge < -0.3 is 10.2 Å². The summed E-state index contributed by atoms with van der Waals surface area (Å²) >= 11 is 0. The van der Waals surface area contributed by atoms with E-state index in [0.717, 1.165) is 26.6 Å². The van der Waals surface area contributed by atoms with Crippen molar-refractivity contribution in [3.8, 4) is 0 Å². The molecule has 39 heavy (non-hydrogen) atoms. The Morgan fingerprint density at radius 3 is 2.08 bits per heavy atom. The molecule has 2 amide bonds. The van der Waals surface area contributed by atoms with Gasteiger partial charge in [-0.15, -0.1) is 0 Å². The Morgan fingerprint density at radius 1 is 0.846 bits per heavy atom. The minimum Gasteiger partial charge on any atom is -0.352 e. The third-order valence-electron chi connectivity index (χ3n) is 6.75. The van der Waals surface area contributed by atoms with Gasteiger partial charge in [0.1, 0.15) is 12.6 Å². The molecule has 0 spiro atoms. The van der Waals surface area contributed by atoms with E-state index in [0.29, 0.717) is 12.1 Å². The molecule has 0 aliphatic rings. The van der Waals surface area contributed by atoms with E-state index < -0.39 is 28.5 Å². The highest BCUT2D eigenvalue weighted by atomic mass is 32.2. The van der Waals surface area contributed by atoms with Crippen LogP contribution < -0.4 is 9.62 Å². The molecule has 0 saturated carbocycles. The minimum atomic E-state index is -4.08. The van der Waals surface area contributed by atoms with Gasteiger partial charge in [-0.3, -0.25) is 13.9 Å². The summed E-state index contributed by atoms with van der Waals surface area (Å²) in [5.41, 5.74) is 4.27. The molecule has 0 saturated heterocycles. The van der Waals surface area contributed by atoms with Crippen LogP contribution in [-0.2, 0) is 26.0 Å². The van der Waals surface area contributed by atoms with Gasteiger partial charge in [-0.05, 0) is 88.9 Å². The van der Waals surface area contributed by atoms with E-state index in [9.17, 15) is 18.0 Å². The third-order valence-corrected chi connectivity index (χ3v) is 8.54. The Labute approximate surface area is 232 Å². The molecule has 3 rings (SSSR count). The lowest BCUT2D eigenvalue weighted by molar-refractivity contribution is -0.139. The highest BCUT2D eigenvalue weighted by Gasteiger charge is 2.32. The molecule has 0 bridgehead atoms. The van der Waals surface area contributed by atoms with Gasteiger partial charge in [0.15, 0.2) is 0 Å². The molecule has 0 aromatic heterocycles. The highest BCUT2D eigenvalue weighted by molar-refractivity contribution is 7.92. The number of amides is 2. The van der Waals surface area contributed by atoms with Gasteiger partial charge in [-0.1, -0.05) is 54.1 Å². The molecule has 8 heteroatoms. The predicted octanol–water partition coefficient (Wildman–Crippen LogP) is 4.79. The number of hydrogen-bond acceptors (Lipinski definition) is 4. The summed E-state index contributed by atoms with van der Waals surface area (Å²) in [5, 5.41) is 2.87. The second-order valence-electron chi connectivity index (χ2n) is 10.3. The van der Waals surface area contributed by atoms with Crippen LogP contribution in [0.15, 0.2) is 77.7 Å². The number of anilines is 1. The summed E-state index contributed by atoms with van der Waals surface area (Å²) in [5.74, 6) is -0.739. The summed E-state index contributed by atoms with van der Waals surface area (Å²) in [7, 11) is -4.08. The molecule has 3 aromatic rings. The van der Waals surface area contributed by atoms with Gasteiger partial charge in [0.05, 0.1) is 10.6 Å². The van der Waals surface area contributed by atoms with Crippen molar-refractivity contribution < 1.29 is 18.0 Å². The zero-order chi connectivity index (χ0) is 28.7. The number of aryl methyl sites for hydroxylation is 3. The van der Waals surface area contributed by atoms with Gasteiger partial charge in [0.2, 0.25) is 11.8 Å². The molecule has 0 unspecified atom stereocenters. The molecular weight excluding hydrogens is 510 g/mol. The Kier molecular flexibility index (Phi) is 9.92. The summed E-state index contributed by atoms with van der Waals surface area (Å²) in [6, 6.07) is 20.7. The van der Waals surface area contributed by atoms with E-state index in [-0.39, 0.29) is 23.4 Å². The number of rotatable bonds is 11. The fourth-order valence-electron chi connectivity index (χ4n) is 4.22. The topological polar surface area (TPSA) is 86.8 Å². The average Bonchev–Trinajstić information content (AvgIpc) is 2.89. The van der Waals surface area contributed by atoms with Crippen LogP contribution in [-0.4, -0.2) is 50.3 Å². The zero-order valence-corrected chi connectivity index (χ0v) is 24.5. The van der Waals surface area contributed by atoms with Crippen molar-refractivity contribution >= 4 is 27.5 Å². The van der Waals surface area contributed by atoms with Crippen LogP contribution in [0.4, 0.5) is 5.69 Å². The van der Waals surface area contributed by atoms with Gasteiger partial charge in [0, 0.05) is 12.6 Å². The smallest absolute Gasteiger partial charge is 0.264 e. The maximum atomic E-state index is 13.9. The largest absolute Gasteiger partial charge is 0.352 e. The van der Waals surface area contributed by atoms with E-state index in [4.69, 9.17) is 0 Å². The first-order valence-electron chi connectivity index (χ1n) is 13.2. The van der Waals surface area contributed by atoms with E-state index in [1.807, 2.05) is 71.0 Å². The number of carbonyl (C=O) groups excluding carboxylic acids is 2. The number of nitrogens with zero attached hydrogens (tertiary/aromatic N) is 2. The van der Waals surface area contributed by atoms with Crippen molar-refractivity contribution in [2.75, 3.05) is 17.4 Å². The number of nitrogens with one attached hydrogen (secondary N) is 1. The first kappa shape index (κ1) is 29.9. The highest BCUT2D eigenvalue weighted by Crippen LogP contribution is 2.26. The fourth-order valence-corrected chi connectivity index (χ4v) is 5.63. The van der Waals surface area contributed by atoms with Crippen LogP contribution in [0.3, 0.4) is 0 Å². The normalized spacial score (nSPS) is 12.2. The Morgan fingerprint density at radius 2 is 1.49 bits per heavy atom. The maximum absolute atomic E-state index is 13.9. The van der Waals surface area contributed by atoms with Gasteiger partial charge >= 0.3 is 0 Å². The van der Waals surface area contributed by atoms with E-state index >= 15 is 0 Å². The molecular formula is C31H39N3O4S. The lowest BCUT2D eigenvalue weighted by Gasteiger charge is -2.32. The quantitative estimate of drug-likeness (QED) is 0.373. The molecule has 208 valence electrons. The SMILES string of the molecule is Cc1ccc(S(=O)(=O)N(CC(=O)N(CCc2ccccc2)[C@@H](C)C(=O)NC(C)C)c2ccc(C)c(C)c2)cc1. The van der Waals surface area contributed by atoms with Crippen molar-refractivity contribution in [2.45, 2.75) is 64.9 Å². The summed E-state index contributed by atoms with van der Waals surface area (Å²) in [4.78, 5) is 28.4.